The molecule has 3 N–H and O–H groups in total. The first-order chi connectivity index (χ1) is 13.1. The van der Waals surface area contributed by atoms with E-state index in [0.29, 0.717) is 5.39 Å². The minimum Gasteiger partial charge on any atom is -0.370 e. The van der Waals surface area contributed by atoms with Crippen LogP contribution in [0.4, 0.5) is 5.82 Å². The van der Waals surface area contributed by atoms with Crippen molar-refractivity contribution in [2.75, 3.05) is 11.9 Å². The van der Waals surface area contributed by atoms with Gasteiger partial charge in [-0.25, -0.2) is 0 Å². The highest BCUT2D eigenvalue weighted by Gasteiger charge is 2.07. The lowest BCUT2D eigenvalue weighted by Gasteiger charge is -2.15. The van der Waals surface area contributed by atoms with Crippen LogP contribution in [0, 0.1) is 0 Å². The van der Waals surface area contributed by atoms with Gasteiger partial charge in [0.05, 0.1) is 5.52 Å². The summed E-state index contributed by atoms with van der Waals surface area (Å²) in [6.07, 6.45) is 0. The fourth-order valence-electron chi connectivity index (χ4n) is 3.05. The maximum Gasteiger partial charge on any atom is 0.191 e. The Morgan fingerprint density at radius 2 is 2.00 bits per heavy atom. The number of halogens is 1. The average Bonchev–Trinajstić information content (AvgIpc) is 3.07. The summed E-state index contributed by atoms with van der Waals surface area (Å²) in [4.78, 5) is 16.8. The van der Waals surface area contributed by atoms with Crippen LogP contribution < -0.4 is 16.1 Å². The van der Waals surface area contributed by atoms with Gasteiger partial charge in [0.1, 0.15) is 5.82 Å². The number of hydrogen-bond acceptors (Lipinski definition) is 4. The zero-order valence-electron chi connectivity index (χ0n) is 14.9. The van der Waals surface area contributed by atoms with Crippen LogP contribution in [-0.2, 0) is 6.54 Å². The summed E-state index contributed by atoms with van der Waals surface area (Å²) < 4.78 is 2.40. The number of pyridine rings is 1. The Bertz CT molecular complexity index is 1150. The fraction of sp³-hybridized carbons (Fsp3) is 0.190. The van der Waals surface area contributed by atoms with Crippen LogP contribution >= 0.6 is 27.3 Å². The minimum atomic E-state index is 0.0314. The molecule has 2 aromatic heterocycles. The van der Waals surface area contributed by atoms with E-state index in [4.69, 9.17) is 0 Å². The molecule has 0 aliphatic heterocycles. The van der Waals surface area contributed by atoms with Gasteiger partial charge in [0.25, 0.3) is 0 Å². The van der Waals surface area contributed by atoms with Crippen LogP contribution in [0.2, 0.25) is 0 Å². The highest BCUT2D eigenvalue weighted by Crippen LogP contribution is 2.28. The third-order valence-electron chi connectivity index (χ3n) is 4.49. The summed E-state index contributed by atoms with van der Waals surface area (Å²) >= 11 is 5.34. The second kappa shape index (κ2) is 7.84. The normalized spacial score (nSPS) is 12.5. The summed E-state index contributed by atoms with van der Waals surface area (Å²) in [5.41, 5.74) is 0.883. The first kappa shape index (κ1) is 18.2. The maximum atomic E-state index is 12.2. The van der Waals surface area contributed by atoms with Crippen molar-refractivity contribution in [2.24, 2.45) is 0 Å². The van der Waals surface area contributed by atoms with Crippen molar-refractivity contribution in [1.29, 1.82) is 0 Å². The Labute approximate surface area is 169 Å². The number of anilines is 1. The monoisotopic (exact) mass is 441 g/mol. The Morgan fingerprint density at radius 1 is 1.15 bits per heavy atom. The number of benzene rings is 2. The van der Waals surface area contributed by atoms with Crippen molar-refractivity contribution in [1.82, 2.24) is 10.3 Å². The topological polar surface area (TPSA) is 56.9 Å². The number of para-hydroxylation sites is 1. The van der Waals surface area contributed by atoms with Gasteiger partial charge in [-0.15, -0.1) is 11.3 Å². The number of aromatic amines is 1. The molecule has 0 aliphatic rings. The van der Waals surface area contributed by atoms with Gasteiger partial charge in [-0.2, -0.15) is 0 Å². The molecule has 0 amide bonds. The third kappa shape index (κ3) is 4.24. The largest absolute Gasteiger partial charge is 0.370 e. The number of hydrogen-bond donors (Lipinski definition) is 3. The summed E-state index contributed by atoms with van der Waals surface area (Å²) in [6.45, 7) is 3.69. The van der Waals surface area contributed by atoms with Crippen LogP contribution in [0.25, 0.3) is 21.0 Å². The summed E-state index contributed by atoms with van der Waals surface area (Å²) in [5.74, 6) is 0.749. The molecule has 6 heteroatoms. The zero-order chi connectivity index (χ0) is 18.8. The molecule has 4 nitrogen and oxygen atoms in total. The molecule has 27 heavy (non-hydrogen) atoms. The Kier molecular flexibility index (Phi) is 5.29. The molecule has 1 atom stereocenters. The molecule has 0 bridgehead atoms. The fourth-order valence-corrected chi connectivity index (χ4v) is 4.62. The number of rotatable bonds is 6. The van der Waals surface area contributed by atoms with Crippen molar-refractivity contribution >= 4 is 54.1 Å². The van der Waals surface area contributed by atoms with Gasteiger partial charge < -0.3 is 15.6 Å². The summed E-state index contributed by atoms with van der Waals surface area (Å²) in [7, 11) is 0. The lowest BCUT2D eigenvalue weighted by atomic mass is 10.2. The molecule has 4 rings (SSSR count). The smallest absolute Gasteiger partial charge is 0.191 e. The van der Waals surface area contributed by atoms with E-state index >= 15 is 0 Å². The standard InChI is InChI=1S/C21H20BrN3OS/c1-13(23-12-16-8-14-6-7-15(22)9-20(14)27-16)11-24-21-10-19(26)17-4-2-3-5-18(17)25-21/h2-10,13,23H,11-12H2,1H3,(H2,24,25,26). The number of nitrogens with one attached hydrogen (secondary N) is 3. The molecule has 138 valence electrons. The van der Waals surface area contributed by atoms with Gasteiger partial charge in [-0.05, 0) is 42.6 Å². The second-order valence-corrected chi connectivity index (χ2v) is 8.73. The molecular formula is C21H20BrN3OS. The molecular weight excluding hydrogens is 422 g/mol. The van der Waals surface area contributed by atoms with Gasteiger partial charge in [0, 0.05) is 44.6 Å². The summed E-state index contributed by atoms with van der Waals surface area (Å²) in [5, 5.41) is 8.86. The van der Waals surface area contributed by atoms with E-state index < -0.39 is 0 Å². The highest BCUT2D eigenvalue weighted by molar-refractivity contribution is 9.10. The van der Waals surface area contributed by atoms with E-state index in [2.05, 4.69) is 62.7 Å². The van der Waals surface area contributed by atoms with Crippen molar-refractivity contribution in [3.05, 3.63) is 74.2 Å². The Balaban J connectivity index is 1.36. The molecule has 2 heterocycles. The van der Waals surface area contributed by atoms with Crippen LogP contribution in [-0.4, -0.2) is 17.6 Å². The maximum absolute atomic E-state index is 12.2. The number of aromatic nitrogens is 1. The highest BCUT2D eigenvalue weighted by atomic mass is 79.9. The molecule has 4 aromatic rings. The predicted octanol–water partition coefficient (Wildman–Crippen LogP) is 5.10. The van der Waals surface area contributed by atoms with Gasteiger partial charge in [0.15, 0.2) is 5.43 Å². The molecule has 1 unspecified atom stereocenters. The van der Waals surface area contributed by atoms with Crippen LogP contribution in [0.15, 0.2) is 63.9 Å². The van der Waals surface area contributed by atoms with E-state index in [1.807, 2.05) is 35.6 Å². The molecule has 0 radical (unpaired) electrons. The molecule has 2 aromatic carbocycles. The van der Waals surface area contributed by atoms with Crippen molar-refractivity contribution in [3.63, 3.8) is 0 Å². The van der Waals surface area contributed by atoms with E-state index in [1.165, 1.54) is 15.0 Å². The lowest BCUT2D eigenvalue weighted by molar-refractivity contribution is 0.571. The van der Waals surface area contributed by atoms with Gasteiger partial charge in [0.2, 0.25) is 0 Å². The Morgan fingerprint density at radius 3 is 2.89 bits per heavy atom. The number of H-pyrrole nitrogens is 1. The van der Waals surface area contributed by atoms with E-state index in [-0.39, 0.29) is 11.5 Å². The van der Waals surface area contributed by atoms with E-state index in [9.17, 15) is 4.79 Å². The first-order valence-corrected chi connectivity index (χ1v) is 10.5. The number of fused-ring (bicyclic) bond motifs is 2. The van der Waals surface area contributed by atoms with Crippen LogP contribution in [0.5, 0.6) is 0 Å². The third-order valence-corrected chi connectivity index (χ3v) is 6.08. The molecule has 0 spiro atoms. The average molecular weight is 442 g/mol. The van der Waals surface area contributed by atoms with Crippen LogP contribution in [0.1, 0.15) is 11.8 Å². The Hall–Kier alpha value is -2.15. The van der Waals surface area contributed by atoms with Gasteiger partial charge >= 0.3 is 0 Å². The van der Waals surface area contributed by atoms with Crippen LogP contribution in [0.3, 0.4) is 0 Å². The summed E-state index contributed by atoms with van der Waals surface area (Å²) in [6, 6.07) is 18.1. The SMILES string of the molecule is CC(CNc1cc(=O)c2ccccc2[nH]1)NCc1cc2ccc(Br)cc2s1. The van der Waals surface area contributed by atoms with Crippen molar-refractivity contribution in [2.45, 2.75) is 19.5 Å². The lowest BCUT2D eigenvalue weighted by Crippen LogP contribution is -2.32. The minimum absolute atomic E-state index is 0.0314. The second-order valence-electron chi connectivity index (χ2n) is 6.65. The molecule has 0 fully saturated rings. The first-order valence-electron chi connectivity index (χ1n) is 8.86. The van der Waals surface area contributed by atoms with Crippen molar-refractivity contribution in [3.8, 4) is 0 Å². The van der Waals surface area contributed by atoms with Gasteiger partial charge in [-0.3, -0.25) is 4.79 Å². The van der Waals surface area contributed by atoms with E-state index in [1.54, 1.807) is 6.07 Å². The zero-order valence-corrected chi connectivity index (χ0v) is 17.3. The number of thiophene rings is 1. The molecule has 0 saturated heterocycles. The van der Waals surface area contributed by atoms with E-state index in [0.717, 1.165) is 28.9 Å². The van der Waals surface area contributed by atoms with Crippen molar-refractivity contribution < 1.29 is 0 Å². The molecule has 0 saturated carbocycles. The van der Waals surface area contributed by atoms with Gasteiger partial charge in [-0.1, -0.05) is 34.1 Å². The quantitative estimate of drug-likeness (QED) is 0.390. The predicted molar refractivity (Wildman–Crippen MR) is 119 cm³/mol. The molecule has 0 aliphatic carbocycles.